The minimum absolute atomic E-state index is 0.190. The molecule has 6 rings (SSSR count). The minimum atomic E-state index is -0.323. The molecule has 2 aliphatic heterocycles. The first-order chi connectivity index (χ1) is 16.6. The van der Waals surface area contributed by atoms with Crippen LogP contribution < -0.4 is 19.7 Å². The number of rotatable bonds is 4. The number of thiocarbonyl (C=S) groups is 1. The van der Waals surface area contributed by atoms with Crippen LogP contribution in [0.15, 0.2) is 81.8 Å². The monoisotopic (exact) mass is 537 g/mol. The number of benzene rings is 2. The van der Waals surface area contributed by atoms with E-state index in [-0.39, 0.29) is 24.7 Å². The number of nitrogens with one attached hydrogen (secondary N) is 1. The fraction of sp³-hybridized carbons (Fsp3) is 0.120. The van der Waals surface area contributed by atoms with Gasteiger partial charge in [-0.05, 0) is 82.7 Å². The van der Waals surface area contributed by atoms with Gasteiger partial charge in [-0.3, -0.25) is 4.98 Å². The van der Waals surface area contributed by atoms with Crippen LogP contribution in [-0.2, 0) is 0 Å². The summed E-state index contributed by atoms with van der Waals surface area (Å²) in [7, 11) is 0. The molecule has 6 nitrogen and oxygen atoms in total. The Hall–Kier alpha value is -3.43. The maximum atomic E-state index is 13.6. The third kappa shape index (κ3) is 3.61. The molecule has 0 aliphatic carbocycles. The molecule has 0 saturated carbocycles. The van der Waals surface area contributed by atoms with Crippen LogP contribution in [0.4, 0.5) is 10.1 Å². The number of halogens is 2. The van der Waals surface area contributed by atoms with Crippen molar-refractivity contribution in [1.82, 2.24) is 10.3 Å². The van der Waals surface area contributed by atoms with Crippen LogP contribution in [0.2, 0.25) is 0 Å². The summed E-state index contributed by atoms with van der Waals surface area (Å²) in [6.45, 7) is 0.190. The van der Waals surface area contributed by atoms with Crippen LogP contribution in [0.3, 0.4) is 0 Å². The molecule has 9 heteroatoms. The first-order valence-corrected chi connectivity index (χ1v) is 11.7. The van der Waals surface area contributed by atoms with Crippen LogP contribution >= 0.6 is 28.1 Å². The van der Waals surface area contributed by atoms with Gasteiger partial charge in [0.25, 0.3) is 0 Å². The molecule has 0 unspecified atom stereocenters. The molecule has 4 aromatic rings. The number of hydrogen-bond donors (Lipinski definition) is 1. The van der Waals surface area contributed by atoms with Crippen molar-refractivity contribution in [2.24, 2.45) is 0 Å². The van der Waals surface area contributed by atoms with E-state index in [0.29, 0.717) is 32.6 Å². The van der Waals surface area contributed by atoms with Gasteiger partial charge in [-0.15, -0.1) is 0 Å². The van der Waals surface area contributed by atoms with Crippen molar-refractivity contribution in [2.75, 3.05) is 11.7 Å². The molecule has 170 valence electrons. The van der Waals surface area contributed by atoms with Crippen molar-refractivity contribution in [3.8, 4) is 22.8 Å². The summed E-state index contributed by atoms with van der Waals surface area (Å²) in [6, 6.07) is 19.2. The van der Waals surface area contributed by atoms with E-state index in [9.17, 15) is 4.39 Å². The molecule has 1 fully saturated rings. The molecular weight excluding hydrogens is 521 g/mol. The van der Waals surface area contributed by atoms with Crippen molar-refractivity contribution < 1.29 is 18.3 Å². The molecule has 2 aliphatic rings. The number of hydrogen-bond acceptors (Lipinski definition) is 5. The van der Waals surface area contributed by atoms with Gasteiger partial charge in [0, 0.05) is 28.0 Å². The number of aromatic nitrogens is 1. The number of anilines is 1. The van der Waals surface area contributed by atoms with Crippen molar-refractivity contribution >= 4 is 38.9 Å². The molecule has 2 aromatic carbocycles. The molecule has 0 spiro atoms. The van der Waals surface area contributed by atoms with E-state index < -0.39 is 0 Å². The lowest BCUT2D eigenvalue weighted by Gasteiger charge is -2.26. The van der Waals surface area contributed by atoms with Crippen LogP contribution in [0.5, 0.6) is 11.5 Å². The van der Waals surface area contributed by atoms with Gasteiger partial charge in [0.2, 0.25) is 6.79 Å². The van der Waals surface area contributed by atoms with E-state index in [1.54, 1.807) is 12.3 Å². The van der Waals surface area contributed by atoms with Gasteiger partial charge in [-0.2, -0.15) is 0 Å². The van der Waals surface area contributed by atoms with Crippen LogP contribution in [0.1, 0.15) is 23.5 Å². The smallest absolute Gasteiger partial charge is 0.231 e. The van der Waals surface area contributed by atoms with Crippen LogP contribution in [0, 0.1) is 5.82 Å². The van der Waals surface area contributed by atoms with Gasteiger partial charge in [0.15, 0.2) is 16.6 Å². The second-order valence-corrected chi connectivity index (χ2v) is 9.10. The van der Waals surface area contributed by atoms with Crippen molar-refractivity contribution in [2.45, 2.75) is 12.1 Å². The Morgan fingerprint density at radius 2 is 1.91 bits per heavy atom. The fourth-order valence-corrected chi connectivity index (χ4v) is 5.19. The number of fused-ring (bicyclic) bond motifs is 1. The average Bonchev–Trinajstić information content (AvgIpc) is 3.57. The van der Waals surface area contributed by atoms with E-state index >= 15 is 0 Å². The summed E-state index contributed by atoms with van der Waals surface area (Å²) in [5, 5.41) is 3.95. The molecular formula is C25H17BrFN3O3S. The van der Waals surface area contributed by atoms with Crippen molar-refractivity contribution in [1.29, 1.82) is 0 Å². The topological polar surface area (TPSA) is 59.8 Å². The lowest BCUT2D eigenvalue weighted by Crippen LogP contribution is -2.29. The summed E-state index contributed by atoms with van der Waals surface area (Å²) in [4.78, 5) is 6.56. The molecule has 0 amide bonds. The molecule has 1 N–H and O–H groups in total. The second kappa shape index (κ2) is 8.41. The first-order valence-electron chi connectivity index (χ1n) is 10.5. The zero-order valence-electron chi connectivity index (χ0n) is 17.6. The Kier molecular flexibility index (Phi) is 5.23. The molecule has 0 radical (unpaired) electrons. The highest BCUT2D eigenvalue weighted by Gasteiger charge is 2.43. The Balaban J connectivity index is 1.45. The third-order valence-corrected chi connectivity index (χ3v) is 6.82. The molecule has 2 aromatic heterocycles. The highest BCUT2D eigenvalue weighted by atomic mass is 79.9. The standard InChI is InChI=1S/C25H17BrFN3O3S/c26-17-11-14(27)4-6-16(17)19-8-9-21(33-19)24-23(18-3-1-2-10-28-18)29-25(34)30(24)15-5-7-20-22(12-15)32-13-31-20/h1-12,23-24H,13H2,(H,29,34)/t23-,24+/m1/s1. The van der Waals surface area contributed by atoms with Crippen molar-refractivity contribution in [3.63, 3.8) is 0 Å². The summed E-state index contributed by atoms with van der Waals surface area (Å²) < 4.78 is 31.6. The van der Waals surface area contributed by atoms with Gasteiger partial charge >= 0.3 is 0 Å². The molecule has 34 heavy (non-hydrogen) atoms. The Morgan fingerprint density at radius 3 is 2.74 bits per heavy atom. The van der Waals surface area contributed by atoms with E-state index in [1.165, 1.54) is 12.1 Å². The zero-order chi connectivity index (χ0) is 23.2. The lowest BCUT2D eigenvalue weighted by atomic mass is 10.0. The molecule has 1 saturated heterocycles. The Bertz CT molecular complexity index is 1400. The first kappa shape index (κ1) is 21.1. The Labute approximate surface area is 208 Å². The summed E-state index contributed by atoms with van der Waals surface area (Å²) in [5.74, 6) is 2.34. The van der Waals surface area contributed by atoms with E-state index in [1.807, 2.05) is 53.4 Å². The van der Waals surface area contributed by atoms with E-state index in [2.05, 4.69) is 26.2 Å². The average molecular weight is 538 g/mol. The maximum Gasteiger partial charge on any atom is 0.231 e. The maximum absolute atomic E-state index is 13.6. The predicted octanol–water partition coefficient (Wildman–Crippen LogP) is 6.15. The number of pyridine rings is 1. The van der Waals surface area contributed by atoms with E-state index in [4.69, 9.17) is 26.1 Å². The van der Waals surface area contributed by atoms with Gasteiger partial charge in [0.1, 0.15) is 23.4 Å². The largest absolute Gasteiger partial charge is 0.459 e. The van der Waals surface area contributed by atoms with Gasteiger partial charge < -0.3 is 24.1 Å². The lowest BCUT2D eigenvalue weighted by molar-refractivity contribution is 0.174. The normalized spacial score (nSPS) is 18.9. The number of furan rings is 1. The summed E-state index contributed by atoms with van der Waals surface area (Å²) in [5.41, 5.74) is 2.43. The van der Waals surface area contributed by atoms with Gasteiger partial charge in [-0.25, -0.2) is 4.39 Å². The minimum Gasteiger partial charge on any atom is -0.459 e. The third-order valence-electron chi connectivity index (χ3n) is 5.85. The SMILES string of the molecule is Fc1ccc(-c2ccc([C@H]3[C@@H](c4ccccn4)NC(=S)N3c3ccc4c(c3)OCO4)o2)c(Br)c1. The molecule has 2 atom stereocenters. The van der Waals surface area contributed by atoms with Crippen LogP contribution in [0.25, 0.3) is 11.3 Å². The van der Waals surface area contributed by atoms with Crippen LogP contribution in [-0.4, -0.2) is 16.9 Å². The zero-order valence-corrected chi connectivity index (χ0v) is 20.0. The molecule has 0 bridgehead atoms. The number of nitrogens with zero attached hydrogens (tertiary/aromatic N) is 2. The van der Waals surface area contributed by atoms with Gasteiger partial charge in [-0.1, -0.05) is 6.07 Å². The highest BCUT2D eigenvalue weighted by molar-refractivity contribution is 9.10. The summed E-state index contributed by atoms with van der Waals surface area (Å²) >= 11 is 9.20. The second-order valence-electron chi connectivity index (χ2n) is 7.86. The predicted molar refractivity (Wildman–Crippen MR) is 132 cm³/mol. The fourth-order valence-electron chi connectivity index (χ4n) is 4.30. The van der Waals surface area contributed by atoms with Crippen molar-refractivity contribution in [3.05, 3.63) is 94.7 Å². The highest BCUT2D eigenvalue weighted by Crippen LogP contribution is 2.45. The molecule has 4 heterocycles. The summed E-state index contributed by atoms with van der Waals surface area (Å²) in [6.07, 6.45) is 1.75. The van der Waals surface area contributed by atoms with E-state index in [0.717, 1.165) is 16.9 Å². The van der Waals surface area contributed by atoms with Gasteiger partial charge in [0.05, 0.1) is 11.7 Å². The Morgan fingerprint density at radius 1 is 1.03 bits per heavy atom. The quantitative estimate of drug-likeness (QED) is 0.313. The number of ether oxygens (including phenoxy) is 2.